The van der Waals surface area contributed by atoms with Gasteiger partial charge >= 0.3 is 0 Å². The molecule has 4 nitrogen and oxygen atoms in total. The van der Waals surface area contributed by atoms with Gasteiger partial charge in [0.25, 0.3) is 5.56 Å². The first kappa shape index (κ1) is 14.9. The van der Waals surface area contributed by atoms with Crippen LogP contribution in [0.15, 0.2) is 50.3 Å². The Balaban J connectivity index is 2.15. The summed E-state index contributed by atoms with van der Waals surface area (Å²) in [6.07, 6.45) is 1.51. The van der Waals surface area contributed by atoms with Crippen molar-refractivity contribution < 1.29 is 9.18 Å². The number of halogens is 3. The maximum Gasteiger partial charge on any atom is 0.265 e. The second-order valence-corrected chi connectivity index (χ2v) is 5.77. The molecule has 0 aliphatic rings. The summed E-state index contributed by atoms with van der Waals surface area (Å²) in [6.45, 7) is -0.159. The number of nitrogens with zero attached hydrogens (tertiary/aromatic N) is 1. The van der Waals surface area contributed by atoms with E-state index in [-0.39, 0.29) is 12.1 Å². The first-order chi connectivity index (χ1) is 9.45. The highest BCUT2D eigenvalue weighted by Crippen LogP contribution is 2.13. The zero-order valence-corrected chi connectivity index (χ0v) is 13.2. The molecule has 0 unspecified atom stereocenters. The average Bonchev–Trinajstić information content (AvgIpc) is 2.35. The van der Waals surface area contributed by atoms with E-state index in [4.69, 9.17) is 0 Å². The van der Waals surface area contributed by atoms with Crippen LogP contribution in [-0.2, 0) is 11.3 Å². The summed E-state index contributed by atoms with van der Waals surface area (Å²) in [4.78, 5) is 23.7. The van der Waals surface area contributed by atoms with Crippen molar-refractivity contribution in [1.82, 2.24) is 4.57 Å². The van der Waals surface area contributed by atoms with Gasteiger partial charge in [0.05, 0.1) is 4.47 Å². The third-order valence-electron chi connectivity index (χ3n) is 2.43. The zero-order valence-electron chi connectivity index (χ0n) is 10.1. The predicted octanol–water partition coefficient (Wildman–Crippen LogP) is 3.15. The number of hydrogen-bond donors (Lipinski definition) is 1. The van der Waals surface area contributed by atoms with Gasteiger partial charge in [-0.2, -0.15) is 0 Å². The fraction of sp³-hybridized carbons (Fsp3) is 0.0769. The van der Waals surface area contributed by atoms with Gasteiger partial charge in [-0.25, -0.2) is 4.39 Å². The van der Waals surface area contributed by atoms with E-state index in [0.29, 0.717) is 14.6 Å². The zero-order chi connectivity index (χ0) is 14.7. The average molecular weight is 404 g/mol. The van der Waals surface area contributed by atoms with E-state index in [1.807, 2.05) is 0 Å². The third kappa shape index (κ3) is 3.77. The van der Waals surface area contributed by atoms with Crippen LogP contribution in [0.3, 0.4) is 0 Å². The van der Waals surface area contributed by atoms with Gasteiger partial charge in [0, 0.05) is 16.4 Å². The minimum absolute atomic E-state index is 0.159. The van der Waals surface area contributed by atoms with E-state index in [1.54, 1.807) is 12.1 Å². The van der Waals surface area contributed by atoms with Crippen molar-refractivity contribution >= 4 is 43.5 Å². The summed E-state index contributed by atoms with van der Waals surface area (Å²) < 4.78 is 15.3. The van der Waals surface area contributed by atoms with E-state index in [1.165, 1.54) is 29.0 Å². The SMILES string of the molecule is O=C(Cn1cc(Br)cc(Br)c1=O)Nc1cccc(F)c1. The molecular weight excluding hydrogens is 395 g/mol. The van der Waals surface area contributed by atoms with Crippen molar-refractivity contribution in [3.05, 3.63) is 61.6 Å². The van der Waals surface area contributed by atoms with Crippen LogP contribution in [0.5, 0.6) is 0 Å². The molecule has 20 heavy (non-hydrogen) atoms. The maximum absolute atomic E-state index is 13.0. The van der Waals surface area contributed by atoms with Gasteiger partial charge in [-0.15, -0.1) is 0 Å². The summed E-state index contributed by atoms with van der Waals surface area (Å²) in [5.41, 5.74) is 0.0275. The Labute approximate surface area is 130 Å². The first-order valence-electron chi connectivity index (χ1n) is 5.56. The number of anilines is 1. The van der Waals surface area contributed by atoms with Crippen molar-refractivity contribution in [1.29, 1.82) is 0 Å². The highest BCUT2D eigenvalue weighted by molar-refractivity contribution is 9.11. The number of carbonyl (C=O) groups is 1. The molecule has 1 aromatic heterocycles. The molecule has 0 aliphatic heterocycles. The summed E-state index contributed by atoms with van der Waals surface area (Å²) >= 11 is 6.36. The lowest BCUT2D eigenvalue weighted by Crippen LogP contribution is -2.27. The molecule has 0 saturated heterocycles. The molecule has 2 rings (SSSR count). The molecule has 2 aromatic rings. The third-order valence-corrected chi connectivity index (χ3v) is 3.43. The van der Waals surface area contributed by atoms with Crippen LogP contribution in [0.2, 0.25) is 0 Å². The molecule has 0 radical (unpaired) electrons. The van der Waals surface area contributed by atoms with E-state index in [0.717, 1.165) is 0 Å². The molecule has 104 valence electrons. The Morgan fingerprint density at radius 1 is 1.30 bits per heavy atom. The quantitative estimate of drug-likeness (QED) is 0.855. The van der Waals surface area contributed by atoms with Crippen LogP contribution in [-0.4, -0.2) is 10.5 Å². The summed E-state index contributed by atoms with van der Waals surface area (Å²) in [5, 5.41) is 2.53. The number of aromatic nitrogens is 1. The van der Waals surface area contributed by atoms with Crippen molar-refractivity contribution in [3.8, 4) is 0 Å². The molecule has 0 spiro atoms. The monoisotopic (exact) mass is 402 g/mol. The van der Waals surface area contributed by atoms with Gasteiger partial charge in [0.2, 0.25) is 5.91 Å². The number of pyridine rings is 1. The van der Waals surface area contributed by atoms with Gasteiger partial charge in [0.1, 0.15) is 12.4 Å². The highest BCUT2D eigenvalue weighted by Gasteiger charge is 2.08. The number of amides is 1. The van der Waals surface area contributed by atoms with Crippen LogP contribution in [0.25, 0.3) is 0 Å². The lowest BCUT2D eigenvalue weighted by atomic mass is 10.3. The molecular formula is C13H9Br2FN2O2. The topological polar surface area (TPSA) is 51.1 Å². The number of carbonyl (C=O) groups excluding carboxylic acids is 1. The molecule has 0 aliphatic carbocycles. The van der Waals surface area contributed by atoms with Crippen LogP contribution >= 0.6 is 31.9 Å². The first-order valence-corrected chi connectivity index (χ1v) is 7.15. The number of benzene rings is 1. The Bertz CT molecular complexity index is 716. The van der Waals surface area contributed by atoms with E-state index >= 15 is 0 Å². The fourth-order valence-electron chi connectivity index (χ4n) is 1.60. The standard InChI is InChI=1S/C13H9Br2FN2O2/c14-8-4-11(15)13(20)18(6-8)7-12(19)17-10-3-1-2-9(16)5-10/h1-6H,7H2,(H,17,19). The molecule has 1 aromatic carbocycles. The largest absolute Gasteiger partial charge is 0.324 e. The molecule has 1 amide bonds. The van der Waals surface area contributed by atoms with Crippen molar-refractivity contribution in [2.75, 3.05) is 5.32 Å². The maximum atomic E-state index is 13.0. The Kier molecular flexibility index (Phi) is 4.72. The van der Waals surface area contributed by atoms with Crippen LogP contribution in [0.1, 0.15) is 0 Å². The minimum Gasteiger partial charge on any atom is -0.324 e. The normalized spacial score (nSPS) is 10.3. The smallest absolute Gasteiger partial charge is 0.265 e. The molecule has 1 N–H and O–H groups in total. The van der Waals surface area contributed by atoms with Gasteiger partial charge < -0.3 is 9.88 Å². The molecule has 0 fully saturated rings. The van der Waals surface area contributed by atoms with Gasteiger partial charge in [0.15, 0.2) is 0 Å². The second kappa shape index (κ2) is 6.32. The second-order valence-electron chi connectivity index (χ2n) is 4.00. The number of nitrogens with one attached hydrogen (secondary N) is 1. The molecule has 7 heteroatoms. The Morgan fingerprint density at radius 3 is 2.75 bits per heavy atom. The van der Waals surface area contributed by atoms with Crippen LogP contribution in [0.4, 0.5) is 10.1 Å². The van der Waals surface area contributed by atoms with Gasteiger partial charge in [-0.3, -0.25) is 9.59 Å². The van der Waals surface area contributed by atoms with E-state index < -0.39 is 11.7 Å². The number of hydrogen-bond acceptors (Lipinski definition) is 2. The Hall–Kier alpha value is -1.47. The minimum atomic E-state index is -0.440. The molecule has 0 bridgehead atoms. The lowest BCUT2D eigenvalue weighted by Gasteiger charge is -2.08. The molecule has 0 atom stereocenters. The fourth-order valence-corrected chi connectivity index (χ4v) is 2.86. The van der Waals surface area contributed by atoms with Gasteiger partial charge in [-0.1, -0.05) is 6.07 Å². The van der Waals surface area contributed by atoms with E-state index in [9.17, 15) is 14.0 Å². The van der Waals surface area contributed by atoms with Gasteiger partial charge in [-0.05, 0) is 56.1 Å². The van der Waals surface area contributed by atoms with Crippen LogP contribution < -0.4 is 10.9 Å². The molecule has 1 heterocycles. The van der Waals surface area contributed by atoms with Crippen molar-refractivity contribution in [2.45, 2.75) is 6.54 Å². The summed E-state index contributed by atoms with van der Waals surface area (Å²) in [5.74, 6) is -0.854. The number of rotatable bonds is 3. The van der Waals surface area contributed by atoms with Crippen molar-refractivity contribution in [2.24, 2.45) is 0 Å². The summed E-state index contributed by atoms with van der Waals surface area (Å²) in [7, 11) is 0. The summed E-state index contributed by atoms with van der Waals surface area (Å²) in [6, 6.07) is 7.15. The highest BCUT2D eigenvalue weighted by atomic mass is 79.9. The van der Waals surface area contributed by atoms with Crippen molar-refractivity contribution in [3.63, 3.8) is 0 Å². The lowest BCUT2D eigenvalue weighted by molar-refractivity contribution is -0.116. The Morgan fingerprint density at radius 2 is 2.05 bits per heavy atom. The van der Waals surface area contributed by atoms with Crippen LogP contribution in [0, 0.1) is 5.82 Å². The van der Waals surface area contributed by atoms with E-state index in [2.05, 4.69) is 37.2 Å². The molecule has 0 saturated carbocycles. The predicted molar refractivity (Wildman–Crippen MR) is 81.1 cm³/mol.